The van der Waals surface area contributed by atoms with E-state index in [0.29, 0.717) is 30.9 Å². The van der Waals surface area contributed by atoms with E-state index >= 15 is 0 Å². The second kappa shape index (κ2) is 10.4. The molecule has 5 rings (SSSR count). The lowest BCUT2D eigenvalue weighted by atomic mass is 10.1. The van der Waals surface area contributed by atoms with E-state index in [2.05, 4.69) is 30.5 Å². The maximum Gasteiger partial charge on any atom is 0.490 e. The summed E-state index contributed by atoms with van der Waals surface area (Å²) in [6.07, 6.45) is -4.79. The van der Waals surface area contributed by atoms with Gasteiger partial charge in [0.15, 0.2) is 0 Å². The van der Waals surface area contributed by atoms with E-state index < -0.39 is 30.0 Å². The summed E-state index contributed by atoms with van der Waals surface area (Å²) in [5, 5.41) is 21.1. The highest BCUT2D eigenvalue weighted by Crippen LogP contribution is 2.30. The third-order valence-electron chi connectivity index (χ3n) is 5.06. The van der Waals surface area contributed by atoms with Gasteiger partial charge in [0.1, 0.15) is 28.7 Å². The van der Waals surface area contributed by atoms with Crippen LogP contribution in [0.15, 0.2) is 40.6 Å². The zero-order valence-electron chi connectivity index (χ0n) is 18.2. The molecule has 0 amide bonds. The van der Waals surface area contributed by atoms with Crippen LogP contribution in [-0.2, 0) is 4.79 Å². The van der Waals surface area contributed by atoms with E-state index in [1.54, 1.807) is 6.20 Å². The number of carboxylic acids is 1. The molecule has 3 aromatic heterocycles. The maximum absolute atomic E-state index is 14.1. The van der Waals surface area contributed by atoms with Gasteiger partial charge in [0.25, 0.3) is 11.6 Å². The molecule has 1 saturated heterocycles. The van der Waals surface area contributed by atoms with Crippen molar-refractivity contribution in [1.29, 1.82) is 0 Å². The monoisotopic (exact) mass is 526 g/mol. The summed E-state index contributed by atoms with van der Waals surface area (Å²) in [5.74, 6) is -2.76. The van der Waals surface area contributed by atoms with Gasteiger partial charge in [-0.15, -0.1) is 11.3 Å². The standard InChI is InChI=1S/C19H17FN6O2S.C2HF3O2/c20-12-3-4-21-9-15(12)28-19-23-14(8-16(27)24-19)17-11-7-10(18-22-5-6-29-18)1-2-13(11)25-26-17;3-2(4,5)1(6)7/h1-2,5-8,12,15,21H,3-4,9H2,(H,25,26)(H,23,24,27);(H,6,7)/t12-,15-;/m0./s1. The van der Waals surface area contributed by atoms with Crippen LogP contribution in [0.2, 0.25) is 0 Å². The number of nitrogens with zero attached hydrogens (tertiary/aromatic N) is 3. The van der Waals surface area contributed by atoms with Crippen molar-refractivity contribution >= 4 is 28.2 Å². The highest BCUT2D eigenvalue weighted by Gasteiger charge is 2.38. The van der Waals surface area contributed by atoms with Crippen LogP contribution in [0.1, 0.15) is 6.42 Å². The Kier molecular flexibility index (Phi) is 7.30. The molecule has 4 aromatic rings. The van der Waals surface area contributed by atoms with Crippen molar-refractivity contribution in [3.8, 4) is 28.0 Å². The average Bonchev–Trinajstić information content (AvgIpc) is 3.50. The van der Waals surface area contributed by atoms with Gasteiger partial charge in [0.2, 0.25) is 0 Å². The molecular formula is C21H18F4N6O4S. The molecule has 1 fully saturated rings. The molecule has 1 aromatic carbocycles. The smallest absolute Gasteiger partial charge is 0.475 e. The molecule has 1 aliphatic heterocycles. The van der Waals surface area contributed by atoms with Crippen molar-refractivity contribution in [2.75, 3.05) is 13.1 Å². The molecule has 15 heteroatoms. The number of nitrogens with one attached hydrogen (secondary N) is 3. The third-order valence-corrected chi connectivity index (χ3v) is 5.88. The maximum atomic E-state index is 14.1. The number of alkyl halides is 4. The molecule has 4 heterocycles. The van der Waals surface area contributed by atoms with Crippen LogP contribution < -0.4 is 15.6 Å². The van der Waals surface area contributed by atoms with Crippen molar-refractivity contribution < 1.29 is 32.2 Å². The van der Waals surface area contributed by atoms with Crippen molar-refractivity contribution in [2.24, 2.45) is 0 Å². The highest BCUT2D eigenvalue weighted by molar-refractivity contribution is 7.13. The van der Waals surface area contributed by atoms with E-state index in [0.717, 1.165) is 21.5 Å². The van der Waals surface area contributed by atoms with Gasteiger partial charge in [-0.1, -0.05) is 0 Å². The van der Waals surface area contributed by atoms with Gasteiger partial charge in [-0.05, 0) is 31.2 Å². The van der Waals surface area contributed by atoms with Gasteiger partial charge in [-0.2, -0.15) is 23.3 Å². The van der Waals surface area contributed by atoms with Crippen LogP contribution in [-0.4, -0.2) is 67.8 Å². The van der Waals surface area contributed by atoms with Crippen LogP contribution in [0.3, 0.4) is 0 Å². The van der Waals surface area contributed by atoms with Gasteiger partial charge < -0.3 is 15.2 Å². The lowest BCUT2D eigenvalue weighted by Gasteiger charge is -2.26. The number of piperidine rings is 1. The molecule has 0 saturated carbocycles. The fourth-order valence-electron chi connectivity index (χ4n) is 3.38. The Morgan fingerprint density at radius 1 is 1.25 bits per heavy atom. The molecule has 0 spiro atoms. The number of aromatic nitrogens is 5. The van der Waals surface area contributed by atoms with Gasteiger partial charge in [-0.25, -0.2) is 14.2 Å². The van der Waals surface area contributed by atoms with Gasteiger partial charge in [0, 0.05) is 35.1 Å². The topological polar surface area (TPSA) is 146 Å². The normalized spacial score (nSPS) is 17.9. The zero-order chi connectivity index (χ0) is 25.9. The quantitative estimate of drug-likeness (QED) is 0.297. The Bertz CT molecular complexity index is 1410. The van der Waals surface area contributed by atoms with E-state index in [4.69, 9.17) is 14.6 Å². The number of H-pyrrole nitrogens is 2. The molecule has 2 atom stereocenters. The minimum atomic E-state index is -5.08. The molecular weight excluding hydrogens is 508 g/mol. The Hall–Kier alpha value is -3.85. The molecule has 0 unspecified atom stereocenters. The molecule has 10 nitrogen and oxygen atoms in total. The summed E-state index contributed by atoms with van der Waals surface area (Å²) in [7, 11) is 0. The van der Waals surface area contributed by atoms with Crippen LogP contribution in [0.25, 0.3) is 32.9 Å². The molecule has 1 aliphatic rings. The Morgan fingerprint density at radius 3 is 2.69 bits per heavy atom. The second-order valence-corrected chi connectivity index (χ2v) is 8.47. The Balaban J connectivity index is 0.000000384. The minimum absolute atomic E-state index is 0.0175. The van der Waals surface area contributed by atoms with Crippen LogP contribution in [0, 0.1) is 0 Å². The summed E-state index contributed by atoms with van der Waals surface area (Å²) >= 11 is 1.54. The third kappa shape index (κ3) is 5.85. The van der Waals surface area contributed by atoms with Crippen molar-refractivity contribution in [3.63, 3.8) is 0 Å². The largest absolute Gasteiger partial charge is 0.490 e. The first kappa shape index (κ1) is 25.2. The first-order valence-corrected chi connectivity index (χ1v) is 11.3. The lowest BCUT2D eigenvalue weighted by molar-refractivity contribution is -0.192. The molecule has 36 heavy (non-hydrogen) atoms. The van der Waals surface area contributed by atoms with Crippen molar-refractivity contribution in [1.82, 2.24) is 30.5 Å². The molecule has 190 valence electrons. The molecule has 0 aliphatic carbocycles. The summed E-state index contributed by atoms with van der Waals surface area (Å²) in [6, 6.07) is 7.16. The van der Waals surface area contributed by atoms with Crippen molar-refractivity contribution in [3.05, 3.63) is 46.2 Å². The van der Waals surface area contributed by atoms with Crippen molar-refractivity contribution in [2.45, 2.75) is 24.9 Å². The number of hydrogen-bond acceptors (Lipinski definition) is 8. The zero-order valence-corrected chi connectivity index (χ0v) is 19.0. The Morgan fingerprint density at radius 2 is 2.03 bits per heavy atom. The number of rotatable bonds is 4. The first-order chi connectivity index (χ1) is 17.1. The lowest BCUT2D eigenvalue weighted by Crippen LogP contribution is -2.45. The predicted molar refractivity (Wildman–Crippen MR) is 122 cm³/mol. The van der Waals surface area contributed by atoms with Crippen LogP contribution in [0.5, 0.6) is 6.01 Å². The van der Waals surface area contributed by atoms with E-state index in [9.17, 15) is 22.4 Å². The number of hydrogen-bond donors (Lipinski definition) is 4. The molecule has 0 bridgehead atoms. The number of carboxylic acid groups (broad SMARTS) is 1. The van der Waals surface area contributed by atoms with Gasteiger partial charge in [0.05, 0.1) is 5.52 Å². The number of carbonyl (C=O) groups is 1. The summed E-state index contributed by atoms with van der Waals surface area (Å²) < 4.78 is 51.5. The fraction of sp³-hybridized carbons (Fsp3) is 0.286. The van der Waals surface area contributed by atoms with Gasteiger partial charge in [-0.3, -0.25) is 14.9 Å². The minimum Gasteiger partial charge on any atom is -0.475 e. The number of aliphatic carboxylic acids is 1. The number of thiazole rings is 1. The summed E-state index contributed by atoms with van der Waals surface area (Å²) in [4.78, 5) is 32.3. The Labute approximate surface area is 203 Å². The summed E-state index contributed by atoms with van der Waals surface area (Å²) in [6.45, 7) is 0.962. The fourth-order valence-corrected chi connectivity index (χ4v) is 4.01. The number of halogens is 4. The number of aromatic amines is 2. The van der Waals surface area contributed by atoms with E-state index in [-0.39, 0.29) is 6.01 Å². The number of benzene rings is 1. The molecule has 0 radical (unpaired) electrons. The van der Waals surface area contributed by atoms with E-state index in [1.165, 1.54) is 17.4 Å². The van der Waals surface area contributed by atoms with Crippen LogP contribution in [0.4, 0.5) is 17.6 Å². The second-order valence-electron chi connectivity index (χ2n) is 7.57. The van der Waals surface area contributed by atoms with Crippen LogP contribution >= 0.6 is 11.3 Å². The number of fused-ring (bicyclic) bond motifs is 1. The SMILES string of the molecule is O=C(O)C(F)(F)F.O=c1cc(-c2n[nH]c3ccc(-c4nccs4)cc23)nc(O[C@H]2CNCC[C@@H]2F)[nH]1. The van der Waals surface area contributed by atoms with Gasteiger partial charge >= 0.3 is 12.1 Å². The highest BCUT2D eigenvalue weighted by atomic mass is 32.1. The average molecular weight is 526 g/mol. The van der Waals surface area contributed by atoms with E-state index in [1.807, 2.05) is 23.6 Å². The number of ether oxygens (including phenoxy) is 1. The summed E-state index contributed by atoms with van der Waals surface area (Å²) in [5.41, 5.74) is 2.24. The first-order valence-electron chi connectivity index (χ1n) is 10.4. The predicted octanol–water partition coefficient (Wildman–Crippen LogP) is 3.15. The molecule has 4 N–H and O–H groups in total.